The average molecular weight is 264 g/mol. The lowest BCUT2D eigenvalue weighted by Gasteiger charge is -2.31. The molecule has 2 heterocycles. The van der Waals surface area contributed by atoms with Crippen LogP contribution in [0.25, 0.3) is 0 Å². The highest BCUT2D eigenvalue weighted by Gasteiger charge is 2.20. The zero-order chi connectivity index (χ0) is 13.7. The summed E-state index contributed by atoms with van der Waals surface area (Å²) in [5.41, 5.74) is 1.25. The molecule has 0 aromatic carbocycles. The predicted octanol–water partition coefficient (Wildman–Crippen LogP) is 0.309. The molecule has 1 atom stereocenters. The Morgan fingerprint density at radius 2 is 2.42 bits per heavy atom. The van der Waals surface area contributed by atoms with E-state index in [-0.39, 0.29) is 5.91 Å². The fourth-order valence-corrected chi connectivity index (χ4v) is 2.43. The SMILES string of the molecule is CN1CCNC(CC(=O)N(C)CCc2cc[nH]c2)C1. The topological polar surface area (TPSA) is 51.4 Å². The van der Waals surface area contributed by atoms with Crippen LogP contribution < -0.4 is 5.32 Å². The Bertz CT molecular complexity index is 390. The Morgan fingerprint density at radius 3 is 3.11 bits per heavy atom. The molecule has 106 valence electrons. The number of likely N-dealkylation sites (N-methyl/N-ethyl adjacent to an activating group) is 2. The first kappa shape index (κ1) is 14.1. The van der Waals surface area contributed by atoms with Crippen molar-refractivity contribution in [2.24, 2.45) is 0 Å². The van der Waals surface area contributed by atoms with Crippen LogP contribution in [0.3, 0.4) is 0 Å². The Morgan fingerprint density at radius 1 is 1.58 bits per heavy atom. The minimum atomic E-state index is 0.225. The van der Waals surface area contributed by atoms with Gasteiger partial charge in [0.15, 0.2) is 0 Å². The van der Waals surface area contributed by atoms with Crippen LogP contribution in [-0.4, -0.2) is 67.0 Å². The molecule has 5 heteroatoms. The van der Waals surface area contributed by atoms with E-state index in [2.05, 4.69) is 28.3 Å². The van der Waals surface area contributed by atoms with Gasteiger partial charge in [-0.15, -0.1) is 0 Å². The summed E-state index contributed by atoms with van der Waals surface area (Å²) < 4.78 is 0. The normalized spacial score (nSPS) is 20.4. The van der Waals surface area contributed by atoms with Gasteiger partial charge >= 0.3 is 0 Å². The van der Waals surface area contributed by atoms with Gasteiger partial charge in [-0.05, 0) is 25.1 Å². The fraction of sp³-hybridized carbons (Fsp3) is 0.643. The number of carbonyl (C=O) groups is 1. The van der Waals surface area contributed by atoms with Gasteiger partial charge < -0.3 is 20.1 Å². The number of hydrogen-bond donors (Lipinski definition) is 2. The first-order chi connectivity index (χ1) is 9.15. The van der Waals surface area contributed by atoms with Crippen molar-refractivity contribution in [3.8, 4) is 0 Å². The van der Waals surface area contributed by atoms with Crippen molar-refractivity contribution in [1.82, 2.24) is 20.1 Å². The standard InChI is InChI=1S/C14H24N4O/c1-17-8-6-16-13(11-17)9-14(19)18(2)7-4-12-3-5-15-10-12/h3,5,10,13,15-16H,4,6-9,11H2,1-2H3. The van der Waals surface area contributed by atoms with Gasteiger partial charge in [-0.1, -0.05) is 0 Å². The van der Waals surface area contributed by atoms with E-state index in [0.717, 1.165) is 32.6 Å². The number of aromatic amines is 1. The fourth-order valence-electron chi connectivity index (χ4n) is 2.43. The Labute approximate surface area is 115 Å². The van der Waals surface area contributed by atoms with Crippen molar-refractivity contribution in [2.75, 3.05) is 40.3 Å². The van der Waals surface area contributed by atoms with Crippen LogP contribution in [0.5, 0.6) is 0 Å². The van der Waals surface area contributed by atoms with E-state index in [9.17, 15) is 4.79 Å². The summed E-state index contributed by atoms with van der Waals surface area (Å²) in [5.74, 6) is 0.225. The van der Waals surface area contributed by atoms with Crippen LogP contribution in [0.4, 0.5) is 0 Å². The second-order valence-electron chi connectivity index (χ2n) is 5.40. The monoisotopic (exact) mass is 264 g/mol. The number of aromatic nitrogens is 1. The number of nitrogens with one attached hydrogen (secondary N) is 2. The molecule has 0 aliphatic carbocycles. The third-order valence-electron chi connectivity index (χ3n) is 3.70. The van der Waals surface area contributed by atoms with E-state index in [1.165, 1.54) is 5.56 Å². The summed E-state index contributed by atoms with van der Waals surface area (Å²) in [4.78, 5) is 19.3. The smallest absolute Gasteiger partial charge is 0.223 e. The molecule has 1 saturated heterocycles. The molecular formula is C14H24N4O. The van der Waals surface area contributed by atoms with Crippen molar-refractivity contribution in [3.63, 3.8) is 0 Å². The molecule has 1 fully saturated rings. The zero-order valence-corrected chi connectivity index (χ0v) is 11.9. The highest BCUT2D eigenvalue weighted by atomic mass is 16.2. The van der Waals surface area contributed by atoms with Crippen LogP contribution in [0.15, 0.2) is 18.5 Å². The first-order valence-electron chi connectivity index (χ1n) is 6.92. The van der Waals surface area contributed by atoms with Gasteiger partial charge in [0.05, 0.1) is 0 Å². The first-order valence-corrected chi connectivity index (χ1v) is 6.92. The van der Waals surface area contributed by atoms with Gasteiger partial charge in [-0.3, -0.25) is 4.79 Å². The van der Waals surface area contributed by atoms with E-state index in [1.807, 2.05) is 24.3 Å². The Balaban J connectivity index is 1.72. The second kappa shape index (κ2) is 6.73. The van der Waals surface area contributed by atoms with Crippen molar-refractivity contribution in [3.05, 3.63) is 24.0 Å². The highest BCUT2D eigenvalue weighted by Crippen LogP contribution is 2.05. The van der Waals surface area contributed by atoms with Crippen LogP contribution in [0.1, 0.15) is 12.0 Å². The van der Waals surface area contributed by atoms with E-state index in [4.69, 9.17) is 0 Å². The number of piperazine rings is 1. The van der Waals surface area contributed by atoms with E-state index >= 15 is 0 Å². The van der Waals surface area contributed by atoms with Gasteiger partial charge in [0, 0.05) is 58.1 Å². The molecule has 0 spiro atoms. The third kappa shape index (κ3) is 4.36. The van der Waals surface area contributed by atoms with Crippen LogP contribution in [0.2, 0.25) is 0 Å². The maximum absolute atomic E-state index is 12.1. The van der Waals surface area contributed by atoms with E-state index < -0.39 is 0 Å². The van der Waals surface area contributed by atoms with Crippen molar-refractivity contribution in [1.29, 1.82) is 0 Å². The lowest BCUT2D eigenvalue weighted by molar-refractivity contribution is -0.130. The molecule has 2 N–H and O–H groups in total. The third-order valence-corrected chi connectivity index (χ3v) is 3.70. The molecule has 1 aromatic rings. The van der Waals surface area contributed by atoms with E-state index in [0.29, 0.717) is 12.5 Å². The van der Waals surface area contributed by atoms with Gasteiger partial charge in [-0.2, -0.15) is 0 Å². The Hall–Kier alpha value is -1.33. The van der Waals surface area contributed by atoms with Crippen molar-refractivity contribution >= 4 is 5.91 Å². The number of rotatable bonds is 5. The van der Waals surface area contributed by atoms with E-state index in [1.54, 1.807) is 0 Å². The van der Waals surface area contributed by atoms with Gasteiger partial charge in [0.25, 0.3) is 0 Å². The summed E-state index contributed by atoms with van der Waals surface area (Å²) in [7, 11) is 4.00. The largest absolute Gasteiger partial charge is 0.367 e. The number of hydrogen-bond acceptors (Lipinski definition) is 3. The minimum absolute atomic E-state index is 0.225. The van der Waals surface area contributed by atoms with Crippen molar-refractivity contribution < 1.29 is 4.79 Å². The summed E-state index contributed by atoms with van der Waals surface area (Å²) >= 11 is 0. The molecule has 1 unspecified atom stereocenters. The molecule has 0 radical (unpaired) electrons. The molecule has 2 rings (SSSR count). The lowest BCUT2D eigenvalue weighted by atomic mass is 10.1. The van der Waals surface area contributed by atoms with Crippen LogP contribution in [-0.2, 0) is 11.2 Å². The summed E-state index contributed by atoms with van der Waals surface area (Å²) in [6.45, 7) is 3.77. The molecule has 0 saturated carbocycles. The quantitative estimate of drug-likeness (QED) is 0.805. The number of nitrogens with zero attached hydrogens (tertiary/aromatic N) is 2. The average Bonchev–Trinajstić information content (AvgIpc) is 2.89. The molecule has 1 amide bonds. The van der Waals surface area contributed by atoms with Gasteiger partial charge in [0.2, 0.25) is 5.91 Å². The van der Waals surface area contributed by atoms with Crippen LogP contribution in [0, 0.1) is 0 Å². The van der Waals surface area contributed by atoms with Crippen molar-refractivity contribution in [2.45, 2.75) is 18.9 Å². The molecule has 0 bridgehead atoms. The molecular weight excluding hydrogens is 240 g/mol. The zero-order valence-electron chi connectivity index (χ0n) is 11.9. The van der Waals surface area contributed by atoms with Gasteiger partial charge in [-0.25, -0.2) is 0 Å². The summed E-state index contributed by atoms with van der Waals surface area (Å²) in [6, 6.07) is 2.34. The maximum Gasteiger partial charge on any atom is 0.223 e. The molecule has 5 nitrogen and oxygen atoms in total. The predicted molar refractivity (Wildman–Crippen MR) is 76.0 cm³/mol. The molecule has 1 aromatic heterocycles. The number of amides is 1. The number of carbonyl (C=O) groups excluding carboxylic acids is 1. The summed E-state index contributed by atoms with van der Waals surface area (Å²) in [5, 5.41) is 3.41. The Kier molecular flexibility index (Phi) is 4.99. The van der Waals surface area contributed by atoms with Crippen LogP contribution >= 0.6 is 0 Å². The number of H-pyrrole nitrogens is 1. The lowest BCUT2D eigenvalue weighted by Crippen LogP contribution is -2.50. The molecule has 1 aliphatic heterocycles. The molecule has 19 heavy (non-hydrogen) atoms. The maximum atomic E-state index is 12.1. The molecule has 1 aliphatic rings. The minimum Gasteiger partial charge on any atom is -0.367 e. The second-order valence-corrected chi connectivity index (χ2v) is 5.40. The summed E-state index contributed by atoms with van der Waals surface area (Å²) in [6.07, 6.45) is 5.40. The van der Waals surface area contributed by atoms with Gasteiger partial charge in [0.1, 0.15) is 0 Å². The highest BCUT2D eigenvalue weighted by molar-refractivity contribution is 5.76.